The molecule has 4 nitrogen and oxygen atoms in total. The molecule has 0 aromatic heterocycles. The van der Waals surface area contributed by atoms with E-state index in [1.165, 1.54) is 12.0 Å². The Hall–Kier alpha value is -1.55. The number of carbonyl (C=O) groups is 1. The number of aliphatic hydroxyl groups excluding tert-OH is 1. The topological polar surface area (TPSA) is 52.6 Å². The third-order valence-corrected chi connectivity index (χ3v) is 5.12. The summed E-state index contributed by atoms with van der Waals surface area (Å²) in [7, 11) is 0. The predicted molar refractivity (Wildman–Crippen MR) is 82.2 cm³/mol. The molecule has 1 atom stereocenters. The van der Waals surface area contributed by atoms with Gasteiger partial charge < -0.3 is 15.3 Å². The highest BCUT2D eigenvalue weighted by molar-refractivity contribution is 5.75. The van der Waals surface area contributed by atoms with Crippen LogP contribution in [0.2, 0.25) is 0 Å². The highest BCUT2D eigenvalue weighted by Crippen LogP contribution is 2.43. The first kappa shape index (κ1) is 14.4. The molecule has 1 aliphatic heterocycles. The summed E-state index contributed by atoms with van der Waals surface area (Å²) >= 11 is 0. The molecule has 0 radical (unpaired) electrons. The van der Waals surface area contributed by atoms with Crippen LogP contribution in [0.4, 0.5) is 4.79 Å². The molecule has 1 aliphatic carbocycles. The average molecular weight is 288 g/mol. The molecule has 2 N–H and O–H groups in total. The number of nitrogens with one attached hydrogen (secondary N) is 1. The van der Waals surface area contributed by atoms with Gasteiger partial charge in [-0.3, -0.25) is 0 Å². The monoisotopic (exact) mass is 288 g/mol. The zero-order chi connectivity index (χ0) is 14.7. The molecule has 1 aromatic rings. The molecule has 3 rings (SSSR count). The summed E-state index contributed by atoms with van der Waals surface area (Å²) in [5, 5.41) is 12.4. The number of likely N-dealkylation sites (tertiary alicyclic amines) is 1. The van der Waals surface area contributed by atoms with Crippen LogP contribution in [0.3, 0.4) is 0 Å². The van der Waals surface area contributed by atoms with E-state index in [9.17, 15) is 9.90 Å². The number of amides is 2. The van der Waals surface area contributed by atoms with Crippen LogP contribution < -0.4 is 5.32 Å². The van der Waals surface area contributed by atoms with Gasteiger partial charge in [0.1, 0.15) is 0 Å². The maximum Gasteiger partial charge on any atom is 0.317 e. The summed E-state index contributed by atoms with van der Waals surface area (Å²) in [6.45, 7) is 1.52. The van der Waals surface area contributed by atoms with E-state index >= 15 is 0 Å². The highest BCUT2D eigenvalue weighted by Gasteiger charge is 2.39. The van der Waals surface area contributed by atoms with Gasteiger partial charge >= 0.3 is 6.03 Å². The molecule has 1 saturated carbocycles. The molecule has 2 amide bonds. The van der Waals surface area contributed by atoms with E-state index in [1.807, 2.05) is 6.07 Å². The van der Waals surface area contributed by atoms with Crippen molar-refractivity contribution in [3.8, 4) is 0 Å². The number of hydrogen-bond acceptors (Lipinski definition) is 2. The molecule has 21 heavy (non-hydrogen) atoms. The molecule has 114 valence electrons. The van der Waals surface area contributed by atoms with Crippen LogP contribution in [-0.4, -0.2) is 41.8 Å². The molecule has 2 fully saturated rings. The number of rotatable bonds is 4. The van der Waals surface area contributed by atoms with Crippen LogP contribution >= 0.6 is 0 Å². The summed E-state index contributed by atoms with van der Waals surface area (Å²) in [5.41, 5.74) is 1.45. The standard InChI is InChI=1S/C17H24N2O2/c20-12-15-8-4-11-19(15)16(21)18-13-17(9-5-10-17)14-6-2-1-3-7-14/h1-3,6-7,15,20H,4-5,8-13H2,(H,18,21). The van der Waals surface area contributed by atoms with Gasteiger partial charge in [0.05, 0.1) is 12.6 Å². The maximum atomic E-state index is 12.3. The molecule has 4 heteroatoms. The molecule has 2 aliphatic rings. The van der Waals surface area contributed by atoms with Crippen LogP contribution in [0.5, 0.6) is 0 Å². The maximum absolute atomic E-state index is 12.3. The van der Waals surface area contributed by atoms with E-state index in [4.69, 9.17) is 0 Å². The van der Waals surface area contributed by atoms with Crippen molar-refractivity contribution in [1.82, 2.24) is 10.2 Å². The zero-order valence-electron chi connectivity index (χ0n) is 12.4. The minimum absolute atomic E-state index is 0.000865. The van der Waals surface area contributed by atoms with Gasteiger partial charge in [-0.15, -0.1) is 0 Å². The predicted octanol–water partition coefficient (Wildman–Crippen LogP) is 2.27. The van der Waals surface area contributed by atoms with Gasteiger partial charge in [0.2, 0.25) is 0 Å². The lowest BCUT2D eigenvalue weighted by Gasteiger charge is -2.43. The van der Waals surface area contributed by atoms with Crippen LogP contribution in [-0.2, 0) is 5.41 Å². The van der Waals surface area contributed by atoms with E-state index in [0.717, 1.165) is 32.2 Å². The molecule has 0 spiro atoms. The quantitative estimate of drug-likeness (QED) is 0.893. The number of nitrogens with zero attached hydrogens (tertiary/aromatic N) is 1. The largest absolute Gasteiger partial charge is 0.394 e. The van der Waals surface area contributed by atoms with Gasteiger partial charge in [-0.25, -0.2) is 4.79 Å². The van der Waals surface area contributed by atoms with Crippen LogP contribution in [0, 0.1) is 0 Å². The van der Waals surface area contributed by atoms with Gasteiger partial charge in [-0.05, 0) is 31.2 Å². The van der Waals surface area contributed by atoms with Crippen molar-refractivity contribution in [1.29, 1.82) is 0 Å². The molecule has 1 saturated heterocycles. The Labute approximate surface area is 126 Å². The van der Waals surface area contributed by atoms with E-state index in [-0.39, 0.29) is 24.1 Å². The molecule has 1 unspecified atom stereocenters. The number of aliphatic hydroxyl groups is 1. The average Bonchev–Trinajstić information content (AvgIpc) is 2.95. The molecule has 1 aromatic carbocycles. The first-order chi connectivity index (χ1) is 10.2. The molecule has 0 bridgehead atoms. The normalized spacial score (nSPS) is 23.7. The van der Waals surface area contributed by atoms with Crippen molar-refractivity contribution in [2.75, 3.05) is 19.7 Å². The lowest BCUT2D eigenvalue weighted by atomic mass is 9.64. The van der Waals surface area contributed by atoms with Gasteiger partial charge in [0, 0.05) is 18.5 Å². The Morgan fingerprint density at radius 2 is 2.05 bits per heavy atom. The van der Waals surface area contributed by atoms with Crippen LogP contribution in [0.15, 0.2) is 30.3 Å². The van der Waals surface area contributed by atoms with E-state index < -0.39 is 0 Å². The molecule has 1 heterocycles. The SMILES string of the molecule is O=C(NCC1(c2ccccc2)CCC1)N1CCCC1CO. The molecular weight excluding hydrogens is 264 g/mol. The Balaban J connectivity index is 1.62. The summed E-state index contributed by atoms with van der Waals surface area (Å²) in [6.07, 6.45) is 5.41. The summed E-state index contributed by atoms with van der Waals surface area (Å²) in [4.78, 5) is 14.1. The van der Waals surface area contributed by atoms with Crippen molar-refractivity contribution in [3.63, 3.8) is 0 Å². The summed E-state index contributed by atoms with van der Waals surface area (Å²) in [6, 6.07) is 10.5. The van der Waals surface area contributed by atoms with Crippen LogP contribution in [0.25, 0.3) is 0 Å². The minimum Gasteiger partial charge on any atom is -0.394 e. The summed E-state index contributed by atoms with van der Waals surface area (Å²) < 4.78 is 0. The first-order valence-electron chi connectivity index (χ1n) is 7.96. The van der Waals surface area contributed by atoms with Crippen molar-refractivity contribution in [2.45, 2.75) is 43.6 Å². The number of hydrogen-bond donors (Lipinski definition) is 2. The van der Waals surface area contributed by atoms with Gasteiger partial charge in [-0.1, -0.05) is 36.8 Å². The Kier molecular flexibility index (Phi) is 4.15. The first-order valence-corrected chi connectivity index (χ1v) is 7.96. The number of carbonyl (C=O) groups excluding carboxylic acids is 1. The fourth-order valence-electron chi connectivity index (χ4n) is 3.60. The van der Waals surface area contributed by atoms with Crippen LogP contribution in [0.1, 0.15) is 37.7 Å². The lowest BCUT2D eigenvalue weighted by Crippen LogP contribution is -2.50. The van der Waals surface area contributed by atoms with E-state index in [0.29, 0.717) is 6.54 Å². The Bertz CT molecular complexity index is 485. The number of benzene rings is 1. The minimum atomic E-state index is -0.0197. The Morgan fingerprint density at radius 3 is 2.67 bits per heavy atom. The third-order valence-electron chi connectivity index (χ3n) is 5.12. The van der Waals surface area contributed by atoms with Gasteiger partial charge in [-0.2, -0.15) is 0 Å². The molecular formula is C17H24N2O2. The third kappa shape index (κ3) is 2.77. The van der Waals surface area contributed by atoms with Crippen molar-refractivity contribution in [3.05, 3.63) is 35.9 Å². The highest BCUT2D eigenvalue weighted by atomic mass is 16.3. The second-order valence-corrected chi connectivity index (χ2v) is 6.33. The van der Waals surface area contributed by atoms with Gasteiger partial charge in [0.15, 0.2) is 0 Å². The number of urea groups is 1. The fourth-order valence-corrected chi connectivity index (χ4v) is 3.60. The second-order valence-electron chi connectivity index (χ2n) is 6.33. The van der Waals surface area contributed by atoms with E-state index in [1.54, 1.807) is 4.90 Å². The Morgan fingerprint density at radius 1 is 1.29 bits per heavy atom. The van der Waals surface area contributed by atoms with Crippen molar-refractivity contribution < 1.29 is 9.90 Å². The zero-order valence-corrected chi connectivity index (χ0v) is 12.4. The lowest BCUT2D eigenvalue weighted by molar-refractivity contribution is 0.151. The van der Waals surface area contributed by atoms with Crippen molar-refractivity contribution >= 4 is 6.03 Å². The van der Waals surface area contributed by atoms with Gasteiger partial charge in [0.25, 0.3) is 0 Å². The second kappa shape index (κ2) is 6.06. The van der Waals surface area contributed by atoms with E-state index in [2.05, 4.69) is 29.6 Å². The van der Waals surface area contributed by atoms with Crippen molar-refractivity contribution in [2.24, 2.45) is 0 Å². The smallest absolute Gasteiger partial charge is 0.317 e. The summed E-state index contributed by atoms with van der Waals surface area (Å²) in [5.74, 6) is 0. The fraction of sp³-hybridized carbons (Fsp3) is 0.588.